The Bertz CT molecular complexity index is 418. The Morgan fingerprint density at radius 1 is 1.64 bits per heavy atom. The molecule has 3 heteroatoms. The molecule has 0 fully saturated rings. The third-order valence-electron chi connectivity index (χ3n) is 1.81. The van der Waals surface area contributed by atoms with Gasteiger partial charge in [-0.1, -0.05) is 33.5 Å². The second kappa shape index (κ2) is 4.63. The van der Waals surface area contributed by atoms with Crippen LogP contribution in [0, 0.1) is 19.3 Å². The monoisotopic (exact) mass is 270 g/mol. The van der Waals surface area contributed by atoms with Crippen LogP contribution in [0.3, 0.4) is 0 Å². The molecule has 72 valence electrons. The van der Waals surface area contributed by atoms with E-state index < -0.39 is 0 Å². The Labute approximate surface area is 96.6 Å². The zero-order valence-corrected chi connectivity index (χ0v) is 9.95. The molecule has 0 saturated heterocycles. The fraction of sp³-hybridized carbons (Fsp3) is 0.182. The van der Waals surface area contributed by atoms with E-state index >= 15 is 0 Å². The van der Waals surface area contributed by atoms with Gasteiger partial charge in [0.15, 0.2) is 5.78 Å². The Morgan fingerprint density at radius 2 is 2.29 bits per heavy atom. The van der Waals surface area contributed by atoms with Crippen molar-refractivity contribution in [2.75, 3.05) is 0 Å². The molecule has 0 aliphatic rings. The largest absolute Gasteiger partial charge is 0.293 e. The van der Waals surface area contributed by atoms with Crippen molar-refractivity contribution in [3.8, 4) is 12.3 Å². The van der Waals surface area contributed by atoms with E-state index in [0.717, 1.165) is 10.0 Å². The number of aryl methyl sites for hydroxylation is 1. The lowest BCUT2D eigenvalue weighted by Crippen LogP contribution is -1.99. The van der Waals surface area contributed by atoms with E-state index in [0.29, 0.717) is 10.6 Å². The molecule has 14 heavy (non-hydrogen) atoms. The molecule has 1 nitrogen and oxygen atoms in total. The molecule has 1 aromatic rings. The highest BCUT2D eigenvalue weighted by molar-refractivity contribution is 9.10. The molecule has 0 atom stereocenters. The van der Waals surface area contributed by atoms with E-state index in [2.05, 4.69) is 21.9 Å². The highest BCUT2D eigenvalue weighted by Crippen LogP contribution is 2.25. The van der Waals surface area contributed by atoms with Crippen molar-refractivity contribution >= 4 is 33.3 Å². The maximum atomic E-state index is 11.5. The number of terminal acetylenes is 1. The fourth-order valence-electron chi connectivity index (χ4n) is 1.05. The van der Waals surface area contributed by atoms with Crippen LogP contribution in [-0.4, -0.2) is 5.78 Å². The number of carbonyl (C=O) groups excluding carboxylic acids is 1. The van der Waals surface area contributed by atoms with Gasteiger partial charge in [0.05, 0.1) is 6.42 Å². The van der Waals surface area contributed by atoms with Crippen LogP contribution in [0.1, 0.15) is 22.3 Å². The number of rotatable bonds is 2. The second-order valence-corrected chi connectivity index (χ2v) is 4.15. The molecule has 0 aliphatic heterocycles. The Balaban J connectivity index is 3.17. The van der Waals surface area contributed by atoms with Gasteiger partial charge in [0, 0.05) is 15.1 Å². The van der Waals surface area contributed by atoms with Crippen molar-refractivity contribution in [2.45, 2.75) is 13.3 Å². The Kier molecular flexibility index (Phi) is 3.74. The first-order chi connectivity index (χ1) is 6.56. The maximum absolute atomic E-state index is 11.5. The quantitative estimate of drug-likeness (QED) is 0.593. The minimum atomic E-state index is -0.0960. The fourth-order valence-corrected chi connectivity index (χ4v) is 1.89. The van der Waals surface area contributed by atoms with E-state index in [1.54, 1.807) is 6.07 Å². The van der Waals surface area contributed by atoms with Crippen molar-refractivity contribution in [1.29, 1.82) is 0 Å². The summed E-state index contributed by atoms with van der Waals surface area (Å²) in [6, 6.07) is 3.45. The van der Waals surface area contributed by atoms with Gasteiger partial charge in [-0.15, -0.1) is 6.42 Å². The van der Waals surface area contributed by atoms with Crippen LogP contribution in [0.25, 0.3) is 0 Å². The number of Topliss-reactive ketones (excluding diaryl/α,β-unsaturated/α-hetero) is 1. The third kappa shape index (κ3) is 2.37. The lowest BCUT2D eigenvalue weighted by Gasteiger charge is -2.04. The minimum absolute atomic E-state index is 0.0952. The van der Waals surface area contributed by atoms with E-state index in [9.17, 15) is 4.79 Å². The number of benzene rings is 1. The number of halogens is 2. The van der Waals surface area contributed by atoms with Crippen LogP contribution in [0.15, 0.2) is 16.6 Å². The summed E-state index contributed by atoms with van der Waals surface area (Å²) < 4.78 is 0.736. The van der Waals surface area contributed by atoms with Gasteiger partial charge in [-0.3, -0.25) is 4.79 Å². The summed E-state index contributed by atoms with van der Waals surface area (Å²) in [6.07, 6.45) is 5.16. The molecule has 0 heterocycles. The zero-order valence-electron chi connectivity index (χ0n) is 7.60. The predicted molar refractivity (Wildman–Crippen MR) is 61.7 cm³/mol. The molecule has 0 N–H and O–H groups in total. The Morgan fingerprint density at radius 3 is 2.86 bits per heavy atom. The number of carbonyl (C=O) groups is 1. The van der Waals surface area contributed by atoms with Crippen LogP contribution >= 0.6 is 27.5 Å². The average molecular weight is 272 g/mol. The molecule has 0 aromatic heterocycles. The van der Waals surface area contributed by atoms with Crippen molar-refractivity contribution in [3.63, 3.8) is 0 Å². The highest BCUT2D eigenvalue weighted by atomic mass is 79.9. The Hall–Kier alpha value is -0.780. The van der Waals surface area contributed by atoms with Crippen LogP contribution in [0.4, 0.5) is 0 Å². The summed E-state index contributed by atoms with van der Waals surface area (Å²) in [7, 11) is 0. The topological polar surface area (TPSA) is 17.1 Å². The number of hydrogen-bond acceptors (Lipinski definition) is 1. The predicted octanol–water partition coefficient (Wildman–Crippen LogP) is 3.62. The van der Waals surface area contributed by atoms with Crippen molar-refractivity contribution < 1.29 is 4.79 Å². The second-order valence-electron chi connectivity index (χ2n) is 2.89. The lowest BCUT2D eigenvalue weighted by atomic mass is 10.1. The van der Waals surface area contributed by atoms with Crippen molar-refractivity contribution in [3.05, 3.63) is 32.8 Å². The zero-order chi connectivity index (χ0) is 10.7. The molecule has 0 amide bonds. The number of ketones is 1. The molecule has 0 saturated carbocycles. The summed E-state index contributed by atoms with van der Waals surface area (Å²) in [6.45, 7) is 1.88. The van der Waals surface area contributed by atoms with Crippen molar-refractivity contribution in [1.82, 2.24) is 0 Å². The normalized spacial score (nSPS) is 9.57. The summed E-state index contributed by atoms with van der Waals surface area (Å²) in [5.41, 5.74) is 1.47. The van der Waals surface area contributed by atoms with Gasteiger partial charge in [0.25, 0.3) is 0 Å². The van der Waals surface area contributed by atoms with E-state index in [1.807, 2.05) is 13.0 Å². The van der Waals surface area contributed by atoms with Crippen LogP contribution in [0.2, 0.25) is 5.02 Å². The van der Waals surface area contributed by atoms with Crippen LogP contribution in [0.5, 0.6) is 0 Å². The molecule has 0 spiro atoms. The lowest BCUT2D eigenvalue weighted by molar-refractivity contribution is 0.0997. The van der Waals surface area contributed by atoms with Crippen molar-refractivity contribution in [2.24, 2.45) is 0 Å². The SMILES string of the molecule is C#CCC(=O)c1cc(Cl)c(C)cc1Br. The molecular formula is C11H8BrClO. The van der Waals surface area contributed by atoms with Gasteiger partial charge in [0.2, 0.25) is 0 Å². The van der Waals surface area contributed by atoms with E-state index in [-0.39, 0.29) is 12.2 Å². The molecule has 0 unspecified atom stereocenters. The third-order valence-corrected chi connectivity index (χ3v) is 2.87. The average Bonchev–Trinajstić information content (AvgIpc) is 2.11. The van der Waals surface area contributed by atoms with Gasteiger partial charge in [-0.25, -0.2) is 0 Å². The van der Waals surface area contributed by atoms with E-state index in [4.69, 9.17) is 18.0 Å². The molecule has 1 rings (SSSR count). The number of hydrogen-bond donors (Lipinski definition) is 0. The summed E-state index contributed by atoms with van der Waals surface area (Å²) in [5.74, 6) is 2.22. The standard InChI is InChI=1S/C11H8BrClO/c1-3-4-11(14)8-6-10(13)7(2)5-9(8)12/h1,5-6H,4H2,2H3. The molecule has 0 radical (unpaired) electrons. The van der Waals surface area contributed by atoms with Gasteiger partial charge >= 0.3 is 0 Å². The van der Waals surface area contributed by atoms with Gasteiger partial charge in [-0.05, 0) is 24.6 Å². The molecule has 1 aromatic carbocycles. The van der Waals surface area contributed by atoms with E-state index in [1.165, 1.54) is 0 Å². The first kappa shape index (κ1) is 11.3. The van der Waals surface area contributed by atoms with Crippen LogP contribution in [-0.2, 0) is 0 Å². The smallest absolute Gasteiger partial charge is 0.175 e. The summed E-state index contributed by atoms with van der Waals surface area (Å²) in [4.78, 5) is 11.5. The highest BCUT2D eigenvalue weighted by Gasteiger charge is 2.10. The van der Waals surface area contributed by atoms with Crippen LogP contribution < -0.4 is 0 Å². The van der Waals surface area contributed by atoms with Gasteiger partial charge in [0.1, 0.15) is 0 Å². The molecular weight excluding hydrogens is 263 g/mol. The minimum Gasteiger partial charge on any atom is -0.293 e. The molecule has 0 aliphatic carbocycles. The summed E-state index contributed by atoms with van der Waals surface area (Å²) in [5, 5.41) is 0.577. The molecule has 0 bridgehead atoms. The van der Waals surface area contributed by atoms with Gasteiger partial charge in [-0.2, -0.15) is 0 Å². The summed E-state index contributed by atoms with van der Waals surface area (Å²) >= 11 is 9.21. The first-order valence-electron chi connectivity index (χ1n) is 3.98. The van der Waals surface area contributed by atoms with Gasteiger partial charge < -0.3 is 0 Å². The first-order valence-corrected chi connectivity index (χ1v) is 5.15. The maximum Gasteiger partial charge on any atom is 0.175 e.